The van der Waals surface area contributed by atoms with Gasteiger partial charge in [-0.2, -0.15) is 5.10 Å². The number of carbonyl (C=O) groups excluding carboxylic acids is 2. The number of rotatable bonds is 10. The van der Waals surface area contributed by atoms with Crippen LogP contribution in [-0.4, -0.2) is 53.6 Å². The zero-order valence-electron chi connectivity index (χ0n) is 25.2. The topological polar surface area (TPSA) is 76.5 Å². The van der Waals surface area contributed by atoms with Crippen molar-refractivity contribution in [3.8, 4) is 5.75 Å². The van der Waals surface area contributed by atoms with Crippen LogP contribution in [0.5, 0.6) is 5.75 Å². The third kappa shape index (κ3) is 7.15. The molecule has 1 heterocycles. The van der Waals surface area contributed by atoms with Crippen molar-refractivity contribution in [1.29, 1.82) is 0 Å². The molecule has 3 aromatic rings. The fourth-order valence-electron chi connectivity index (χ4n) is 5.18. The summed E-state index contributed by atoms with van der Waals surface area (Å²) >= 11 is 0. The number of aromatic nitrogens is 2. The molecule has 0 radical (unpaired) electrons. The molecule has 2 aliphatic carbocycles. The van der Waals surface area contributed by atoms with Gasteiger partial charge in [-0.3, -0.25) is 14.3 Å². The molecule has 7 heteroatoms. The number of nitrogens with zero attached hydrogens (tertiary/aromatic N) is 3. The van der Waals surface area contributed by atoms with Crippen LogP contribution in [0.2, 0.25) is 0 Å². The summed E-state index contributed by atoms with van der Waals surface area (Å²) in [7, 11) is 4.11. The summed E-state index contributed by atoms with van der Waals surface area (Å²) in [5.41, 5.74) is 7.45. The monoisotopic (exact) mass is 564 g/mol. The smallest absolute Gasteiger partial charge is 0.258 e. The largest absolute Gasteiger partial charge is 0.494 e. The Bertz CT molecular complexity index is 1570. The van der Waals surface area contributed by atoms with Gasteiger partial charge in [0.05, 0.1) is 24.9 Å². The van der Waals surface area contributed by atoms with Crippen LogP contribution in [0.15, 0.2) is 83.9 Å². The van der Waals surface area contributed by atoms with Crippen molar-refractivity contribution in [2.24, 2.45) is 0 Å². The highest BCUT2D eigenvalue weighted by Crippen LogP contribution is 2.34. The van der Waals surface area contributed by atoms with Crippen molar-refractivity contribution in [1.82, 2.24) is 20.0 Å². The number of carbonyl (C=O) groups is 2. The fourth-order valence-corrected chi connectivity index (χ4v) is 5.18. The van der Waals surface area contributed by atoms with E-state index in [-0.39, 0.29) is 23.5 Å². The quantitative estimate of drug-likeness (QED) is 0.319. The van der Waals surface area contributed by atoms with Crippen LogP contribution in [0.3, 0.4) is 0 Å². The van der Waals surface area contributed by atoms with E-state index in [9.17, 15) is 9.59 Å². The average molecular weight is 565 g/mol. The highest BCUT2D eigenvalue weighted by atomic mass is 16.5. The maximum Gasteiger partial charge on any atom is 0.258 e. The minimum absolute atomic E-state index is 0.0533. The molecule has 0 spiro atoms. The first-order valence-corrected chi connectivity index (χ1v) is 14.5. The number of allylic oxidation sites excluding steroid dienone is 4. The predicted octanol–water partition coefficient (Wildman–Crippen LogP) is 5.71. The van der Waals surface area contributed by atoms with E-state index in [0.29, 0.717) is 36.4 Å². The van der Waals surface area contributed by atoms with Gasteiger partial charge < -0.3 is 15.0 Å². The van der Waals surface area contributed by atoms with Crippen molar-refractivity contribution < 1.29 is 14.3 Å². The second-order valence-corrected chi connectivity index (χ2v) is 12.4. The lowest BCUT2D eigenvalue weighted by molar-refractivity contribution is -0.114. The second-order valence-electron chi connectivity index (χ2n) is 12.4. The lowest BCUT2D eigenvalue weighted by atomic mass is 9.87. The van der Waals surface area contributed by atoms with E-state index < -0.39 is 0 Å². The zero-order chi connectivity index (χ0) is 29.9. The van der Waals surface area contributed by atoms with Crippen LogP contribution < -0.4 is 10.1 Å². The fraction of sp³-hybridized carbons (Fsp3) is 0.343. The Hall–Kier alpha value is -4.23. The Morgan fingerprint density at radius 3 is 2.62 bits per heavy atom. The standard InChI is InChI=1S/C35H40N4O3/c1-35(2,3)29-10-7-24(8-11-29)22-39-23-28(21-36-39)34(41)37-30-12-14-33(40)32(20-30)27-17-25-9-13-31(19-26(25)18-27)42-16-6-15-38(4)5/h7-13,18-21,23H,6,14-17,22H2,1-5H3,(H,37,41). The van der Waals surface area contributed by atoms with Crippen LogP contribution in [-0.2, 0) is 23.2 Å². The first-order chi connectivity index (χ1) is 20.0. The molecule has 5 rings (SSSR count). The number of ether oxygens (including phenoxy) is 1. The number of nitrogens with one attached hydrogen (secondary N) is 1. The van der Waals surface area contributed by atoms with Crippen LogP contribution in [0.25, 0.3) is 6.08 Å². The summed E-state index contributed by atoms with van der Waals surface area (Å²) in [4.78, 5) is 28.1. The number of Topliss-reactive ketones (excluding diaryl/α,β-unsaturated/α-hetero) is 1. The number of benzene rings is 2. The van der Waals surface area contributed by atoms with Crippen molar-refractivity contribution in [3.05, 3.63) is 112 Å². The number of hydrogen-bond donors (Lipinski definition) is 1. The van der Waals surface area contributed by atoms with Crippen molar-refractivity contribution in [2.45, 2.75) is 52.0 Å². The summed E-state index contributed by atoms with van der Waals surface area (Å²) in [6.07, 6.45) is 10.8. The molecule has 0 bridgehead atoms. The maximum absolute atomic E-state index is 13.1. The van der Waals surface area contributed by atoms with E-state index in [1.165, 1.54) is 11.1 Å². The van der Waals surface area contributed by atoms with Gasteiger partial charge in [0.15, 0.2) is 5.78 Å². The SMILES string of the molecule is CN(C)CCCOc1ccc2c(c1)C=C(C1=CC(NC(=O)c3cnn(Cc4ccc(C(C)(C)C)cc4)c3)=CCC1=O)C2. The van der Waals surface area contributed by atoms with Gasteiger partial charge in [-0.25, -0.2) is 0 Å². The molecule has 218 valence electrons. The Labute approximate surface area is 248 Å². The molecule has 0 aliphatic heterocycles. The molecule has 2 aromatic carbocycles. The van der Waals surface area contributed by atoms with E-state index in [1.807, 2.05) is 12.1 Å². The Balaban J connectivity index is 1.21. The molecule has 2 aliphatic rings. The van der Waals surface area contributed by atoms with Crippen LogP contribution in [0.1, 0.15) is 66.2 Å². The molecule has 0 atom stereocenters. The highest BCUT2D eigenvalue weighted by molar-refractivity contribution is 6.04. The van der Waals surface area contributed by atoms with Gasteiger partial charge in [0.25, 0.3) is 5.91 Å². The van der Waals surface area contributed by atoms with Gasteiger partial charge in [-0.15, -0.1) is 0 Å². The lowest BCUT2D eigenvalue weighted by Crippen LogP contribution is -2.24. The minimum Gasteiger partial charge on any atom is -0.494 e. The van der Waals surface area contributed by atoms with E-state index >= 15 is 0 Å². The Morgan fingerprint density at radius 1 is 1.10 bits per heavy atom. The molecule has 7 nitrogen and oxygen atoms in total. The number of hydrogen-bond acceptors (Lipinski definition) is 5. The third-order valence-corrected chi connectivity index (χ3v) is 7.62. The number of ketones is 1. The second kappa shape index (κ2) is 12.3. The summed E-state index contributed by atoms with van der Waals surface area (Å²) in [5, 5.41) is 7.36. The molecule has 0 saturated carbocycles. The summed E-state index contributed by atoms with van der Waals surface area (Å²) < 4.78 is 7.70. The van der Waals surface area contributed by atoms with Gasteiger partial charge in [0, 0.05) is 30.4 Å². The van der Waals surface area contributed by atoms with Crippen LogP contribution in [0, 0.1) is 0 Å². The summed E-state index contributed by atoms with van der Waals surface area (Å²) in [6.45, 7) is 8.80. The number of fused-ring (bicyclic) bond motifs is 1. The van der Waals surface area contributed by atoms with Crippen molar-refractivity contribution >= 4 is 17.8 Å². The van der Waals surface area contributed by atoms with Crippen LogP contribution in [0.4, 0.5) is 0 Å². The minimum atomic E-state index is -0.250. The molecule has 0 saturated heterocycles. The third-order valence-electron chi connectivity index (χ3n) is 7.62. The van der Waals surface area contributed by atoms with E-state index in [0.717, 1.165) is 35.4 Å². The lowest BCUT2D eigenvalue weighted by Gasteiger charge is -2.19. The molecule has 0 fully saturated rings. The first-order valence-electron chi connectivity index (χ1n) is 14.5. The molecule has 0 unspecified atom stereocenters. The molecule has 42 heavy (non-hydrogen) atoms. The summed E-state index contributed by atoms with van der Waals surface area (Å²) in [5.74, 6) is 0.641. The Morgan fingerprint density at radius 2 is 1.88 bits per heavy atom. The number of amides is 1. The average Bonchev–Trinajstić information content (AvgIpc) is 3.59. The van der Waals surface area contributed by atoms with Crippen LogP contribution >= 0.6 is 0 Å². The van der Waals surface area contributed by atoms with E-state index in [1.54, 1.807) is 29.2 Å². The zero-order valence-corrected chi connectivity index (χ0v) is 25.2. The Kier molecular flexibility index (Phi) is 8.59. The normalized spacial score (nSPS) is 14.8. The van der Waals surface area contributed by atoms with Crippen molar-refractivity contribution in [3.63, 3.8) is 0 Å². The summed E-state index contributed by atoms with van der Waals surface area (Å²) in [6, 6.07) is 14.6. The highest BCUT2D eigenvalue weighted by Gasteiger charge is 2.24. The van der Waals surface area contributed by atoms with Gasteiger partial charge in [-0.05, 0) is 78.4 Å². The first kappa shape index (κ1) is 29.3. The van der Waals surface area contributed by atoms with Gasteiger partial charge in [-0.1, -0.05) is 63.3 Å². The van der Waals surface area contributed by atoms with E-state index in [4.69, 9.17) is 4.74 Å². The predicted molar refractivity (Wildman–Crippen MR) is 167 cm³/mol. The van der Waals surface area contributed by atoms with Crippen molar-refractivity contribution in [2.75, 3.05) is 27.2 Å². The van der Waals surface area contributed by atoms with Gasteiger partial charge in [0.2, 0.25) is 0 Å². The van der Waals surface area contributed by atoms with Gasteiger partial charge in [0.1, 0.15) is 5.75 Å². The molecular formula is C35H40N4O3. The molecular weight excluding hydrogens is 524 g/mol. The van der Waals surface area contributed by atoms with E-state index in [2.05, 4.69) is 86.6 Å². The molecule has 1 amide bonds. The molecule has 1 aromatic heterocycles. The van der Waals surface area contributed by atoms with Gasteiger partial charge >= 0.3 is 0 Å². The maximum atomic E-state index is 13.1. The molecule has 1 N–H and O–H groups in total.